The van der Waals surface area contributed by atoms with Gasteiger partial charge in [0.15, 0.2) is 0 Å². The Morgan fingerprint density at radius 2 is 2.23 bits per heavy atom. The number of nitrogens with one attached hydrogen (secondary N) is 1. The Kier molecular flexibility index (Phi) is 5.53. The molecule has 2 N–H and O–H groups in total. The van der Waals surface area contributed by atoms with Crippen LogP contribution in [0.15, 0.2) is 0 Å². The van der Waals surface area contributed by atoms with Crippen LogP contribution in [0.25, 0.3) is 0 Å². The van der Waals surface area contributed by atoms with Gasteiger partial charge in [0.1, 0.15) is 0 Å². The van der Waals surface area contributed by atoms with E-state index < -0.39 is 5.92 Å². The molecule has 1 heterocycles. The summed E-state index contributed by atoms with van der Waals surface area (Å²) in [4.78, 5) is 8.36. The summed E-state index contributed by atoms with van der Waals surface area (Å²) in [7, 11) is 0. The van der Waals surface area contributed by atoms with Gasteiger partial charge in [0.05, 0.1) is 6.54 Å². The Morgan fingerprint density at radius 1 is 1.69 bits per heavy atom. The number of halogens is 2. The van der Waals surface area contributed by atoms with Gasteiger partial charge in [0, 0.05) is 12.5 Å². The molecule has 0 saturated carbocycles. The largest absolute Gasteiger partial charge is 0.483 e. The third kappa shape index (κ3) is 5.52. The van der Waals surface area contributed by atoms with E-state index in [2.05, 4.69) is 5.32 Å². The molecule has 1 fully saturated rings. The monoisotopic (exact) mass is 195 g/mol. The van der Waals surface area contributed by atoms with Crippen LogP contribution >= 0.6 is 0 Å². The van der Waals surface area contributed by atoms with E-state index in [0.717, 1.165) is 12.8 Å². The number of hydrogen-bond donors (Lipinski definition) is 2. The van der Waals surface area contributed by atoms with Crippen molar-refractivity contribution < 1.29 is 18.7 Å². The maximum atomic E-state index is 12.5. The Bertz CT molecular complexity index is 153. The lowest BCUT2D eigenvalue weighted by Gasteiger charge is -2.07. The van der Waals surface area contributed by atoms with Crippen LogP contribution in [0, 0.1) is 0 Å². The molecule has 13 heavy (non-hydrogen) atoms. The van der Waals surface area contributed by atoms with Gasteiger partial charge in [0.25, 0.3) is 12.4 Å². The van der Waals surface area contributed by atoms with Gasteiger partial charge in [0.2, 0.25) is 0 Å². The van der Waals surface area contributed by atoms with Gasteiger partial charge in [-0.15, -0.1) is 0 Å². The lowest BCUT2D eigenvalue weighted by Crippen LogP contribution is -2.22. The van der Waals surface area contributed by atoms with Gasteiger partial charge < -0.3 is 10.4 Å². The lowest BCUT2D eigenvalue weighted by atomic mass is 10.1. The van der Waals surface area contributed by atoms with Crippen molar-refractivity contribution in [1.82, 2.24) is 5.32 Å². The molecule has 1 unspecified atom stereocenters. The topological polar surface area (TPSA) is 49.3 Å². The molecule has 0 aromatic rings. The minimum Gasteiger partial charge on any atom is -0.483 e. The van der Waals surface area contributed by atoms with Crippen LogP contribution in [0.4, 0.5) is 8.78 Å². The molecule has 1 aliphatic heterocycles. The van der Waals surface area contributed by atoms with Gasteiger partial charge in [-0.05, 0) is 6.42 Å². The molecule has 1 aliphatic rings. The van der Waals surface area contributed by atoms with E-state index in [1.165, 1.54) is 0 Å². The number of alkyl halides is 2. The van der Waals surface area contributed by atoms with Crippen LogP contribution in [0.5, 0.6) is 0 Å². The molecule has 1 rings (SSSR count). The summed E-state index contributed by atoms with van der Waals surface area (Å²) in [5, 5.41) is 9.69. The predicted octanol–water partition coefficient (Wildman–Crippen LogP) is 1.48. The summed E-state index contributed by atoms with van der Waals surface area (Å²) in [6, 6.07) is 0.0556. The summed E-state index contributed by atoms with van der Waals surface area (Å²) < 4.78 is 24.9. The summed E-state index contributed by atoms with van der Waals surface area (Å²) in [5.74, 6) is -2.44. The lowest BCUT2D eigenvalue weighted by molar-refractivity contribution is -0.122. The minimum absolute atomic E-state index is 0.0286. The van der Waals surface area contributed by atoms with Gasteiger partial charge in [-0.1, -0.05) is 13.3 Å². The number of carboxylic acid groups (broad SMARTS) is 1. The molecular weight excluding hydrogens is 180 g/mol. The first kappa shape index (κ1) is 12.3. The van der Waals surface area contributed by atoms with Crippen LogP contribution < -0.4 is 5.32 Å². The molecule has 1 saturated heterocycles. The van der Waals surface area contributed by atoms with Crippen molar-refractivity contribution >= 4 is 6.47 Å². The van der Waals surface area contributed by atoms with Crippen LogP contribution in [0.3, 0.4) is 0 Å². The van der Waals surface area contributed by atoms with Gasteiger partial charge >= 0.3 is 0 Å². The summed E-state index contributed by atoms with van der Waals surface area (Å²) in [6.07, 6.45) is 1.88. The molecule has 0 aromatic carbocycles. The summed E-state index contributed by atoms with van der Waals surface area (Å²) in [5.41, 5.74) is 0. The molecule has 78 valence electrons. The predicted molar refractivity (Wildman–Crippen MR) is 45.0 cm³/mol. The van der Waals surface area contributed by atoms with Gasteiger partial charge in [-0.3, -0.25) is 4.79 Å². The van der Waals surface area contributed by atoms with Crippen molar-refractivity contribution in [2.45, 2.75) is 38.2 Å². The highest BCUT2D eigenvalue weighted by atomic mass is 19.3. The maximum absolute atomic E-state index is 12.5. The molecule has 0 amide bonds. The standard InChI is InChI=1S/C7H13F2N.CH2O2/c1-2-3-6-4-7(8,9)5-10-6;2-1-3/h6,10H,2-5H2,1H3;1H,(H,2,3). The second-order valence-corrected chi connectivity index (χ2v) is 3.03. The second-order valence-electron chi connectivity index (χ2n) is 3.03. The highest BCUT2D eigenvalue weighted by molar-refractivity contribution is 5.32. The van der Waals surface area contributed by atoms with E-state index in [4.69, 9.17) is 9.90 Å². The summed E-state index contributed by atoms with van der Waals surface area (Å²) >= 11 is 0. The Balaban J connectivity index is 0.000000424. The van der Waals surface area contributed by atoms with E-state index in [1.807, 2.05) is 6.92 Å². The zero-order valence-electron chi connectivity index (χ0n) is 7.59. The fourth-order valence-electron chi connectivity index (χ4n) is 1.35. The van der Waals surface area contributed by atoms with Crippen molar-refractivity contribution in [3.63, 3.8) is 0 Å². The van der Waals surface area contributed by atoms with E-state index in [1.54, 1.807) is 0 Å². The van der Waals surface area contributed by atoms with Crippen LogP contribution in [0.1, 0.15) is 26.2 Å². The Hall–Kier alpha value is -0.710. The molecule has 0 bridgehead atoms. The normalized spacial score (nSPS) is 24.7. The molecule has 0 aromatic heterocycles. The quantitative estimate of drug-likeness (QED) is 0.656. The van der Waals surface area contributed by atoms with Crippen LogP contribution in [-0.4, -0.2) is 30.1 Å². The molecule has 0 aliphatic carbocycles. The Labute approximate surface area is 76.1 Å². The minimum atomic E-state index is -2.44. The van der Waals surface area contributed by atoms with Crippen LogP contribution in [0.2, 0.25) is 0 Å². The van der Waals surface area contributed by atoms with Crippen LogP contribution in [-0.2, 0) is 4.79 Å². The van der Waals surface area contributed by atoms with Crippen molar-refractivity contribution in [3.8, 4) is 0 Å². The van der Waals surface area contributed by atoms with E-state index >= 15 is 0 Å². The highest BCUT2D eigenvalue weighted by Crippen LogP contribution is 2.26. The van der Waals surface area contributed by atoms with Gasteiger partial charge in [-0.25, -0.2) is 8.78 Å². The van der Waals surface area contributed by atoms with E-state index in [9.17, 15) is 8.78 Å². The first-order valence-corrected chi connectivity index (χ1v) is 4.24. The molecule has 5 heteroatoms. The van der Waals surface area contributed by atoms with E-state index in [-0.39, 0.29) is 25.5 Å². The fraction of sp³-hybridized carbons (Fsp3) is 0.875. The van der Waals surface area contributed by atoms with Crippen molar-refractivity contribution in [2.75, 3.05) is 6.54 Å². The zero-order valence-corrected chi connectivity index (χ0v) is 7.59. The maximum Gasteiger partial charge on any atom is 0.290 e. The van der Waals surface area contributed by atoms with Crippen molar-refractivity contribution in [2.24, 2.45) is 0 Å². The first-order valence-electron chi connectivity index (χ1n) is 4.24. The first-order chi connectivity index (χ1) is 6.05. The molecule has 0 spiro atoms. The zero-order chi connectivity index (χ0) is 10.3. The molecular formula is C8H15F2NO2. The average Bonchev–Trinajstić information content (AvgIpc) is 2.33. The molecule has 3 nitrogen and oxygen atoms in total. The smallest absolute Gasteiger partial charge is 0.290 e. The second kappa shape index (κ2) is 5.85. The SMILES string of the molecule is CCCC1CC(F)(F)CN1.O=CO. The number of carbonyl (C=O) groups is 1. The molecule has 1 atom stereocenters. The van der Waals surface area contributed by atoms with Crippen molar-refractivity contribution in [1.29, 1.82) is 0 Å². The number of rotatable bonds is 2. The fourth-order valence-corrected chi connectivity index (χ4v) is 1.35. The highest BCUT2D eigenvalue weighted by Gasteiger charge is 2.38. The van der Waals surface area contributed by atoms with E-state index in [0.29, 0.717) is 0 Å². The third-order valence-corrected chi connectivity index (χ3v) is 1.83. The Morgan fingerprint density at radius 3 is 2.54 bits per heavy atom. The van der Waals surface area contributed by atoms with Crippen molar-refractivity contribution in [3.05, 3.63) is 0 Å². The third-order valence-electron chi connectivity index (χ3n) is 1.83. The number of hydrogen-bond acceptors (Lipinski definition) is 2. The molecule has 0 radical (unpaired) electrons. The van der Waals surface area contributed by atoms with Gasteiger partial charge in [-0.2, -0.15) is 0 Å². The summed E-state index contributed by atoms with van der Waals surface area (Å²) in [6.45, 7) is 1.63. The average molecular weight is 195 g/mol.